The summed E-state index contributed by atoms with van der Waals surface area (Å²) in [6.45, 7) is 6.65. The highest BCUT2D eigenvalue weighted by Crippen LogP contribution is 2.36. The van der Waals surface area contributed by atoms with Crippen LogP contribution < -0.4 is 0 Å². The van der Waals surface area contributed by atoms with Crippen molar-refractivity contribution >= 4 is 0 Å². The van der Waals surface area contributed by atoms with Crippen molar-refractivity contribution in [2.24, 2.45) is 5.92 Å². The van der Waals surface area contributed by atoms with Crippen molar-refractivity contribution in [2.75, 3.05) is 26.4 Å². The summed E-state index contributed by atoms with van der Waals surface area (Å²) >= 11 is 0. The van der Waals surface area contributed by atoms with Gasteiger partial charge in [0.25, 0.3) is 0 Å². The Morgan fingerprint density at radius 3 is 2.77 bits per heavy atom. The van der Waals surface area contributed by atoms with E-state index in [-0.39, 0.29) is 5.79 Å². The molecule has 1 atom stereocenters. The predicted octanol–water partition coefficient (Wildman–Crippen LogP) is 1.34. The molecule has 0 N–H and O–H groups in total. The van der Waals surface area contributed by atoms with Crippen LogP contribution in [-0.4, -0.2) is 32.2 Å². The lowest BCUT2D eigenvalue weighted by Crippen LogP contribution is -2.46. The lowest BCUT2D eigenvalue weighted by atomic mass is 9.91. The monoisotopic (exact) mass is 184 g/mol. The van der Waals surface area contributed by atoms with Crippen LogP contribution in [0.2, 0.25) is 0 Å². The largest absolute Gasteiger partial charge is 0.381 e. The van der Waals surface area contributed by atoms with Crippen LogP contribution in [0.3, 0.4) is 0 Å². The maximum atomic E-state index is 5.70. The standard InChI is InChI=1S/C10H16O3/c1-2-3-9-8-11-5-4-10(9)12-6-7-13-10/h2,9H,1,3-8H2. The van der Waals surface area contributed by atoms with Gasteiger partial charge in [-0.25, -0.2) is 0 Å². The summed E-state index contributed by atoms with van der Waals surface area (Å²) in [5.41, 5.74) is 0. The molecule has 2 aliphatic rings. The number of hydrogen-bond acceptors (Lipinski definition) is 3. The summed E-state index contributed by atoms with van der Waals surface area (Å²) in [6.07, 6.45) is 3.66. The van der Waals surface area contributed by atoms with Gasteiger partial charge in [-0.2, -0.15) is 0 Å². The predicted molar refractivity (Wildman–Crippen MR) is 48.4 cm³/mol. The highest BCUT2D eigenvalue weighted by molar-refractivity contribution is 4.89. The maximum absolute atomic E-state index is 5.70. The molecule has 1 spiro atoms. The van der Waals surface area contributed by atoms with E-state index in [1.54, 1.807) is 0 Å². The Hall–Kier alpha value is -0.380. The van der Waals surface area contributed by atoms with E-state index in [1.807, 2.05) is 6.08 Å². The van der Waals surface area contributed by atoms with E-state index in [0.717, 1.165) is 26.1 Å². The zero-order chi connectivity index (χ0) is 9.15. The van der Waals surface area contributed by atoms with E-state index >= 15 is 0 Å². The molecule has 1 unspecified atom stereocenters. The molecule has 2 heterocycles. The van der Waals surface area contributed by atoms with Crippen LogP contribution in [-0.2, 0) is 14.2 Å². The first kappa shape index (κ1) is 9.19. The number of hydrogen-bond donors (Lipinski definition) is 0. The maximum Gasteiger partial charge on any atom is 0.175 e. The second kappa shape index (κ2) is 3.78. The van der Waals surface area contributed by atoms with Gasteiger partial charge in [0.05, 0.1) is 26.4 Å². The molecule has 0 amide bonds. The minimum absolute atomic E-state index is 0.321. The number of allylic oxidation sites excluding steroid dienone is 1. The molecule has 3 nitrogen and oxygen atoms in total. The van der Waals surface area contributed by atoms with Crippen molar-refractivity contribution in [1.29, 1.82) is 0 Å². The molecule has 0 aliphatic carbocycles. The van der Waals surface area contributed by atoms with Crippen LogP contribution >= 0.6 is 0 Å². The molecule has 2 aliphatic heterocycles. The van der Waals surface area contributed by atoms with Gasteiger partial charge >= 0.3 is 0 Å². The minimum Gasteiger partial charge on any atom is -0.381 e. The van der Waals surface area contributed by atoms with E-state index in [0.29, 0.717) is 19.1 Å². The van der Waals surface area contributed by atoms with Gasteiger partial charge in [-0.3, -0.25) is 0 Å². The smallest absolute Gasteiger partial charge is 0.175 e. The summed E-state index contributed by atoms with van der Waals surface area (Å²) in [5, 5.41) is 0. The molecule has 0 aromatic carbocycles. The molecule has 0 bridgehead atoms. The molecular weight excluding hydrogens is 168 g/mol. The molecule has 2 fully saturated rings. The van der Waals surface area contributed by atoms with Crippen molar-refractivity contribution in [3.8, 4) is 0 Å². The third-order valence-corrected chi connectivity index (χ3v) is 2.76. The van der Waals surface area contributed by atoms with Gasteiger partial charge < -0.3 is 14.2 Å². The van der Waals surface area contributed by atoms with Crippen LogP contribution in [0.1, 0.15) is 12.8 Å². The fraction of sp³-hybridized carbons (Fsp3) is 0.800. The van der Waals surface area contributed by atoms with Crippen molar-refractivity contribution in [3.63, 3.8) is 0 Å². The zero-order valence-corrected chi connectivity index (χ0v) is 7.83. The quantitative estimate of drug-likeness (QED) is 0.606. The van der Waals surface area contributed by atoms with Crippen LogP contribution in [0.5, 0.6) is 0 Å². The Balaban J connectivity index is 2.06. The van der Waals surface area contributed by atoms with Crippen LogP contribution in [0, 0.1) is 5.92 Å². The molecular formula is C10H16O3. The third-order valence-electron chi connectivity index (χ3n) is 2.76. The number of ether oxygens (including phenoxy) is 3. The lowest BCUT2D eigenvalue weighted by Gasteiger charge is -2.38. The van der Waals surface area contributed by atoms with Gasteiger partial charge in [0.2, 0.25) is 0 Å². The van der Waals surface area contributed by atoms with Crippen molar-refractivity contribution in [1.82, 2.24) is 0 Å². The molecule has 74 valence electrons. The van der Waals surface area contributed by atoms with Gasteiger partial charge in [-0.15, -0.1) is 6.58 Å². The van der Waals surface area contributed by atoms with E-state index in [2.05, 4.69) is 6.58 Å². The molecule has 2 rings (SSSR count). The van der Waals surface area contributed by atoms with Crippen molar-refractivity contribution < 1.29 is 14.2 Å². The summed E-state index contributed by atoms with van der Waals surface area (Å²) in [5.74, 6) is -0.0341. The Labute approximate surface area is 78.7 Å². The minimum atomic E-state index is -0.355. The average molecular weight is 184 g/mol. The van der Waals surface area contributed by atoms with Gasteiger partial charge in [0.15, 0.2) is 5.79 Å². The second-order valence-electron chi connectivity index (χ2n) is 3.55. The van der Waals surface area contributed by atoms with Gasteiger partial charge in [0.1, 0.15) is 0 Å². The second-order valence-corrected chi connectivity index (χ2v) is 3.55. The van der Waals surface area contributed by atoms with Crippen molar-refractivity contribution in [2.45, 2.75) is 18.6 Å². The highest BCUT2D eigenvalue weighted by atomic mass is 16.7. The first-order valence-corrected chi connectivity index (χ1v) is 4.84. The lowest BCUT2D eigenvalue weighted by molar-refractivity contribution is -0.238. The molecule has 13 heavy (non-hydrogen) atoms. The Morgan fingerprint density at radius 1 is 1.31 bits per heavy atom. The van der Waals surface area contributed by atoms with E-state index in [1.165, 1.54) is 0 Å². The zero-order valence-electron chi connectivity index (χ0n) is 7.83. The first-order chi connectivity index (χ1) is 6.37. The number of rotatable bonds is 2. The normalized spacial score (nSPS) is 32.2. The van der Waals surface area contributed by atoms with E-state index in [9.17, 15) is 0 Å². The molecule has 0 aromatic heterocycles. The fourth-order valence-corrected chi connectivity index (χ4v) is 2.07. The van der Waals surface area contributed by atoms with E-state index in [4.69, 9.17) is 14.2 Å². The topological polar surface area (TPSA) is 27.7 Å². The molecule has 0 radical (unpaired) electrons. The van der Waals surface area contributed by atoms with Gasteiger partial charge in [-0.05, 0) is 6.42 Å². The summed E-state index contributed by atoms with van der Waals surface area (Å²) < 4.78 is 16.8. The summed E-state index contributed by atoms with van der Waals surface area (Å²) in [4.78, 5) is 0. The Kier molecular flexibility index (Phi) is 2.67. The molecule has 2 saturated heterocycles. The highest BCUT2D eigenvalue weighted by Gasteiger charge is 2.45. The first-order valence-electron chi connectivity index (χ1n) is 4.84. The summed E-state index contributed by atoms with van der Waals surface area (Å²) in [7, 11) is 0. The van der Waals surface area contributed by atoms with Gasteiger partial charge in [0, 0.05) is 12.3 Å². The average Bonchev–Trinajstić information content (AvgIpc) is 2.59. The molecule has 0 saturated carbocycles. The van der Waals surface area contributed by atoms with Crippen LogP contribution in [0.15, 0.2) is 12.7 Å². The van der Waals surface area contributed by atoms with Crippen LogP contribution in [0.25, 0.3) is 0 Å². The molecule has 0 aromatic rings. The Morgan fingerprint density at radius 2 is 2.08 bits per heavy atom. The van der Waals surface area contributed by atoms with Crippen molar-refractivity contribution in [3.05, 3.63) is 12.7 Å². The summed E-state index contributed by atoms with van der Waals surface area (Å²) in [6, 6.07) is 0. The Bertz CT molecular complexity index is 185. The molecule has 3 heteroatoms. The van der Waals surface area contributed by atoms with E-state index < -0.39 is 0 Å². The van der Waals surface area contributed by atoms with Gasteiger partial charge in [-0.1, -0.05) is 6.08 Å². The van der Waals surface area contributed by atoms with Crippen LogP contribution in [0.4, 0.5) is 0 Å². The SMILES string of the molecule is C=CCC1COCCC12OCCO2. The third kappa shape index (κ3) is 1.64. The fourth-order valence-electron chi connectivity index (χ4n) is 2.07.